The molecule has 2 unspecified atom stereocenters. The lowest BCUT2D eigenvalue weighted by Crippen LogP contribution is -2.48. The summed E-state index contributed by atoms with van der Waals surface area (Å²) in [6, 6.07) is 11.8. The second-order valence-electron chi connectivity index (χ2n) is 6.46. The van der Waals surface area contributed by atoms with Crippen molar-refractivity contribution in [3.63, 3.8) is 0 Å². The number of piperidine rings is 1. The minimum atomic E-state index is -0.381. The van der Waals surface area contributed by atoms with Crippen LogP contribution >= 0.6 is 0 Å². The minimum Gasteiger partial charge on any atom is -0.390 e. The summed E-state index contributed by atoms with van der Waals surface area (Å²) >= 11 is 0. The van der Waals surface area contributed by atoms with Crippen LogP contribution in [-0.2, 0) is 6.42 Å². The van der Waals surface area contributed by atoms with E-state index in [1.807, 2.05) is 0 Å². The van der Waals surface area contributed by atoms with Crippen LogP contribution in [0.2, 0.25) is 0 Å². The maximum absolute atomic E-state index is 10.7. The maximum Gasteiger partial charge on any atom is 0.0677 e. The normalized spacial score (nSPS) is 33.5. The molecule has 1 aromatic rings. The van der Waals surface area contributed by atoms with E-state index in [1.165, 1.54) is 24.8 Å². The van der Waals surface area contributed by atoms with Gasteiger partial charge in [-0.15, -0.1) is 0 Å². The summed E-state index contributed by atoms with van der Waals surface area (Å²) in [5, 5.41) is 14.3. The molecule has 2 bridgehead atoms. The first-order valence-electron chi connectivity index (χ1n) is 7.76. The summed E-state index contributed by atoms with van der Waals surface area (Å²) in [6.07, 6.45) is 8.91. The molecule has 0 saturated carbocycles. The number of unbranched alkanes of at least 4 members (excludes halogenated alkanes) is 1. The third kappa shape index (κ3) is 3.37. The molecular weight excluding hydrogens is 234 g/mol. The minimum absolute atomic E-state index is 0.381. The van der Waals surface area contributed by atoms with Gasteiger partial charge in [0, 0.05) is 12.1 Å². The predicted octanol–water partition coefficient (Wildman–Crippen LogP) is 3.04. The summed E-state index contributed by atoms with van der Waals surface area (Å²) < 4.78 is 0. The average Bonchev–Trinajstić information content (AvgIpc) is 2.76. The van der Waals surface area contributed by atoms with E-state index in [0.717, 1.165) is 32.1 Å². The summed E-state index contributed by atoms with van der Waals surface area (Å²) in [5.74, 6) is 0. The van der Waals surface area contributed by atoms with Crippen molar-refractivity contribution in [2.75, 3.05) is 0 Å². The fourth-order valence-corrected chi connectivity index (χ4v) is 3.86. The molecule has 1 aromatic carbocycles. The smallest absolute Gasteiger partial charge is 0.0677 e. The Morgan fingerprint density at radius 1 is 1.05 bits per heavy atom. The van der Waals surface area contributed by atoms with E-state index < -0.39 is 0 Å². The number of fused-ring (bicyclic) bond motifs is 2. The van der Waals surface area contributed by atoms with E-state index >= 15 is 0 Å². The van der Waals surface area contributed by atoms with Crippen molar-refractivity contribution < 1.29 is 5.11 Å². The van der Waals surface area contributed by atoms with Gasteiger partial charge in [-0.05, 0) is 50.5 Å². The van der Waals surface area contributed by atoms with Crippen LogP contribution in [0, 0.1) is 0 Å². The Hall–Kier alpha value is -0.860. The average molecular weight is 259 g/mol. The van der Waals surface area contributed by atoms with E-state index in [-0.39, 0.29) is 5.60 Å². The van der Waals surface area contributed by atoms with Crippen LogP contribution in [0.4, 0.5) is 0 Å². The van der Waals surface area contributed by atoms with Gasteiger partial charge < -0.3 is 10.4 Å². The van der Waals surface area contributed by atoms with Crippen molar-refractivity contribution in [1.29, 1.82) is 0 Å². The van der Waals surface area contributed by atoms with Gasteiger partial charge in [0.05, 0.1) is 5.60 Å². The highest BCUT2D eigenvalue weighted by molar-refractivity contribution is 5.14. The summed E-state index contributed by atoms with van der Waals surface area (Å²) in [5.41, 5.74) is 1.04. The third-order valence-corrected chi connectivity index (χ3v) is 4.79. The van der Waals surface area contributed by atoms with Crippen molar-refractivity contribution in [2.45, 2.75) is 69.1 Å². The molecule has 2 atom stereocenters. The van der Waals surface area contributed by atoms with E-state index in [9.17, 15) is 5.11 Å². The molecule has 2 aliphatic heterocycles. The molecule has 2 fully saturated rings. The van der Waals surface area contributed by atoms with Gasteiger partial charge in [-0.3, -0.25) is 0 Å². The Balaban J connectivity index is 1.42. The molecule has 0 aliphatic carbocycles. The van der Waals surface area contributed by atoms with Gasteiger partial charge in [-0.25, -0.2) is 0 Å². The van der Waals surface area contributed by atoms with Crippen molar-refractivity contribution in [2.24, 2.45) is 0 Å². The molecule has 2 aliphatic rings. The van der Waals surface area contributed by atoms with Crippen LogP contribution in [0.25, 0.3) is 0 Å². The van der Waals surface area contributed by atoms with Crippen LogP contribution in [0.1, 0.15) is 50.5 Å². The molecule has 0 aromatic heterocycles. The van der Waals surface area contributed by atoms with E-state index in [2.05, 4.69) is 35.6 Å². The molecule has 104 valence electrons. The van der Waals surface area contributed by atoms with Gasteiger partial charge in [0.25, 0.3) is 0 Å². The van der Waals surface area contributed by atoms with Gasteiger partial charge in [-0.2, -0.15) is 0 Å². The Morgan fingerprint density at radius 3 is 2.42 bits per heavy atom. The molecule has 2 heterocycles. The fraction of sp³-hybridized carbons (Fsp3) is 0.647. The second-order valence-corrected chi connectivity index (χ2v) is 6.46. The first-order valence-corrected chi connectivity index (χ1v) is 7.76. The molecule has 2 heteroatoms. The number of aliphatic hydroxyl groups is 1. The number of rotatable bonds is 5. The summed E-state index contributed by atoms with van der Waals surface area (Å²) in [6.45, 7) is 0. The van der Waals surface area contributed by atoms with Gasteiger partial charge in [0.2, 0.25) is 0 Å². The van der Waals surface area contributed by atoms with Crippen molar-refractivity contribution in [3.8, 4) is 0 Å². The quantitative estimate of drug-likeness (QED) is 0.797. The third-order valence-electron chi connectivity index (χ3n) is 4.79. The van der Waals surface area contributed by atoms with Crippen LogP contribution in [0.15, 0.2) is 30.3 Å². The van der Waals surface area contributed by atoms with Crippen LogP contribution < -0.4 is 5.32 Å². The topological polar surface area (TPSA) is 32.3 Å². The SMILES string of the molecule is OC1(CCCCc2ccccc2)CC2CCC(C1)N2. The zero-order valence-corrected chi connectivity index (χ0v) is 11.6. The largest absolute Gasteiger partial charge is 0.390 e. The molecule has 0 amide bonds. The van der Waals surface area contributed by atoms with Crippen molar-refractivity contribution >= 4 is 0 Å². The maximum atomic E-state index is 10.7. The molecule has 2 nitrogen and oxygen atoms in total. The number of aryl methyl sites for hydroxylation is 1. The first kappa shape index (κ1) is 13.1. The molecule has 0 radical (unpaired) electrons. The Kier molecular flexibility index (Phi) is 3.90. The second kappa shape index (κ2) is 5.64. The standard InChI is InChI=1S/C17H25NO/c19-17(12-15-9-10-16(13-17)18-15)11-5-4-8-14-6-2-1-3-7-14/h1-3,6-7,15-16,18-19H,4-5,8-13H2. The van der Waals surface area contributed by atoms with E-state index in [1.54, 1.807) is 0 Å². The zero-order valence-electron chi connectivity index (χ0n) is 11.6. The number of nitrogens with one attached hydrogen (secondary N) is 1. The highest BCUT2D eigenvalue weighted by Gasteiger charge is 2.41. The highest BCUT2D eigenvalue weighted by Crippen LogP contribution is 2.36. The Bertz CT molecular complexity index is 391. The monoisotopic (exact) mass is 259 g/mol. The lowest BCUT2D eigenvalue weighted by molar-refractivity contribution is -0.0158. The van der Waals surface area contributed by atoms with Crippen LogP contribution in [-0.4, -0.2) is 22.8 Å². The first-order chi connectivity index (χ1) is 9.23. The zero-order chi connectivity index (χ0) is 13.1. The van der Waals surface area contributed by atoms with Crippen molar-refractivity contribution in [1.82, 2.24) is 5.32 Å². The number of benzene rings is 1. The molecule has 0 spiro atoms. The van der Waals surface area contributed by atoms with E-state index in [0.29, 0.717) is 12.1 Å². The van der Waals surface area contributed by atoms with Crippen LogP contribution in [0.3, 0.4) is 0 Å². The molecular formula is C17H25NO. The molecule has 2 saturated heterocycles. The Morgan fingerprint density at radius 2 is 1.74 bits per heavy atom. The lowest BCUT2D eigenvalue weighted by Gasteiger charge is -2.37. The number of hydrogen-bond donors (Lipinski definition) is 2. The predicted molar refractivity (Wildman–Crippen MR) is 78.1 cm³/mol. The van der Waals surface area contributed by atoms with Gasteiger partial charge in [-0.1, -0.05) is 36.8 Å². The van der Waals surface area contributed by atoms with Crippen molar-refractivity contribution in [3.05, 3.63) is 35.9 Å². The van der Waals surface area contributed by atoms with Gasteiger partial charge >= 0.3 is 0 Å². The van der Waals surface area contributed by atoms with Gasteiger partial charge in [0.15, 0.2) is 0 Å². The highest BCUT2D eigenvalue weighted by atomic mass is 16.3. The Labute approximate surface area is 116 Å². The molecule has 3 rings (SSSR count). The summed E-state index contributed by atoms with van der Waals surface area (Å²) in [7, 11) is 0. The van der Waals surface area contributed by atoms with E-state index in [4.69, 9.17) is 0 Å². The number of hydrogen-bond acceptors (Lipinski definition) is 2. The molecule has 2 N–H and O–H groups in total. The van der Waals surface area contributed by atoms with Gasteiger partial charge in [0.1, 0.15) is 0 Å². The summed E-state index contributed by atoms with van der Waals surface area (Å²) in [4.78, 5) is 0. The fourth-order valence-electron chi connectivity index (χ4n) is 3.86. The molecule has 19 heavy (non-hydrogen) atoms. The lowest BCUT2D eigenvalue weighted by atomic mass is 9.83. The van der Waals surface area contributed by atoms with Crippen LogP contribution in [0.5, 0.6) is 0 Å².